The standard InChI is InChI=1S/C28H27BrCl2N4O4/c1-18(36)34-10-12-35(13-11-34)25-5-3-2-4-19(25)16-32-27(37)28(38)33-17-20-6-7-21(29)14-26(20)39-22-8-9-23(30)24(31)15-22/h2-9,14-15H,10-13,16-17H2,1H3,(H,32,37)(H,33,38). The second-order valence-corrected chi connectivity index (χ2v) is 10.6. The van der Waals surface area contributed by atoms with Gasteiger partial charge in [-0.3, -0.25) is 14.4 Å². The average molecular weight is 634 g/mol. The van der Waals surface area contributed by atoms with Gasteiger partial charge in [-0.25, -0.2) is 0 Å². The molecule has 0 bridgehead atoms. The van der Waals surface area contributed by atoms with Crippen LogP contribution in [0.5, 0.6) is 11.5 Å². The Kier molecular flexibility index (Phi) is 9.72. The van der Waals surface area contributed by atoms with Crippen LogP contribution in [0, 0.1) is 0 Å². The van der Waals surface area contributed by atoms with Crippen molar-refractivity contribution in [1.29, 1.82) is 0 Å². The molecule has 1 aliphatic rings. The number of rotatable bonds is 7. The van der Waals surface area contributed by atoms with Crippen LogP contribution < -0.4 is 20.3 Å². The molecule has 0 saturated carbocycles. The molecule has 0 aromatic heterocycles. The minimum absolute atomic E-state index is 0.0670. The van der Waals surface area contributed by atoms with Crippen molar-refractivity contribution in [2.75, 3.05) is 31.1 Å². The number of para-hydroxylation sites is 1. The second-order valence-electron chi connectivity index (χ2n) is 8.92. The lowest BCUT2D eigenvalue weighted by Gasteiger charge is -2.36. The zero-order chi connectivity index (χ0) is 27.9. The molecule has 0 atom stereocenters. The molecular formula is C28H27BrCl2N4O4. The third kappa shape index (κ3) is 7.65. The number of amides is 3. The van der Waals surface area contributed by atoms with E-state index >= 15 is 0 Å². The second kappa shape index (κ2) is 13.2. The van der Waals surface area contributed by atoms with Crippen molar-refractivity contribution in [3.05, 3.63) is 86.3 Å². The Morgan fingerprint density at radius 2 is 1.51 bits per heavy atom. The summed E-state index contributed by atoms with van der Waals surface area (Å²) in [4.78, 5) is 40.8. The molecule has 0 radical (unpaired) electrons. The fourth-order valence-electron chi connectivity index (χ4n) is 4.18. The highest BCUT2D eigenvalue weighted by atomic mass is 79.9. The van der Waals surface area contributed by atoms with Gasteiger partial charge in [0.2, 0.25) is 5.91 Å². The number of benzene rings is 3. The van der Waals surface area contributed by atoms with Crippen LogP contribution in [-0.4, -0.2) is 48.8 Å². The first kappa shape index (κ1) is 28.7. The largest absolute Gasteiger partial charge is 0.457 e. The van der Waals surface area contributed by atoms with Gasteiger partial charge < -0.3 is 25.2 Å². The molecule has 8 nitrogen and oxygen atoms in total. The molecule has 3 aromatic carbocycles. The van der Waals surface area contributed by atoms with E-state index < -0.39 is 11.8 Å². The van der Waals surface area contributed by atoms with Crippen molar-refractivity contribution in [1.82, 2.24) is 15.5 Å². The highest BCUT2D eigenvalue weighted by molar-refractivity contribution is 9.10. The van der Waals surface area contributed by atoms with Gasteiger partial charge in [0.05, 0.1) is 10.0 Å². The first-order chi connectivity index (χ1) is 18.7. The molecule has 1 aliphatic heterocycles. The third-order valence-corrected chi connectivity index (χ3v) is 7.52. The Bertz CT molecular complexity index is 1380. The predicted molar refractivity (Wildman–Crippen MR) is 155 cm³/mol. The molecule has 0 aliphatic carbocycles. The fraction of sp³-hybridized carbons (Fsp3) is 0.250. The summed E-state index contributed by atoms with van der Waals surface area (Å²) in [6, 6.07) is 18.0. The van der Waals surface area contributed by atoms with Crippen LogP contribution in [0.2, 0.25) is 10.0 Å². The molecule has 1 fully saturated rings. The number of anilines is 1. The van der Waals surface area contributed by atoms with Crippen molar-refractivity contribution in [3.8, 4) is 11.5 Å². The third-order valence-electron chi connectivity index (χ3n) is 6.29. The molecule has 1 heterocycles. The number of halogens is 3. The van der Waals surface area contributed by atoms with Crippen molar-refractivity contribution in [2.24, 2.45) is 0 Å². The van der Waals surface area contributed by atoms with Gasteiger partial charge in [0.1, 0.15) is 11.5 Å². The lowest BCUT2D eigenvalue weighted by Crippen LogP contribution is -2.48. The Morgan fingerprint density at radius 1 is 0.846 bits per heavy atom. The summed E-state index contributed by atoms with van der Waals surface area (Å²) in [5, 5.41) is 6.13. The van der Waals surface area contributed by atoms with Gasteiger partial charge in [-0.1, -0.05) is 63.4 Å². The molecular weight excluding hydrogens is 607 g/mol. The van der Waals surface area contributed by atoms with E-state index in [0.29, 0.717) is 53.3 Å². The molecule has 1 saturated heterocycles. The summed E-state index contributed by atoms with van der Waals surface area (Å²) < 4.78 is 6.75. The molecule has 2 N–H and O–H groups in total. The Labute approximate surface area is 245 Å². The van der Waals surface area contributed by atoms with Crippen LogP contribution in [0.1, 0.15) is 18.1 Å². The lowest BCUT2D eigenvalue weighted by atomic mass is 10.1. The summed E-state index contributed by atoms with van der Waals surface area (Å²) in [5.41, 5.74) is 2.53. The van der Waals surface area contributed by atoms with E-state index in [4.69, 9.17) is 27.9 Å². The topological polar surface area (TPSA) is 91.0 Å². The molecule has 0 unspecified atom stereocenters. The normalized spacial score (nSPS) is 13.1. The molecule has 0 spiro atoms. The molecule has 3 amide bonds. The highest BCUT2D eigenvalue weighted by Gasteiger charge is 2.21. The maximum absolute atomic E-state index is 12.6. The fourth-order valence-corrected chi connectivity index (χ4v) is 4.81. The Balaban J connectivity index is 1.34. The van der Waals surface area contributed by atoms with Gasteiger partial charge in [-0.05, 0) is 35.9 Å². The van der Waals surface area contributed by atoms with Crippen LogP contribution in [0.4, 0.5) is 5.69 Å². The first-order valence-electron chi connectivity index (χ1n) is 12.3. The van der Waals surface area contributed by atoms with Gasteiger partial charge in [-0.2, -0.15) is 0 Å². The lowest BCUT2D eigenvalue weighted by molar-refractivity contribution is -0.139. The number of nitrogens with zero attached hydrogens (tertiary/aromatic N) is 2. The number of hydrogen-bond donors (Lipinski definition) is 2. The summed E-state index contributed by atoms with van der Waals surface area (Å²) in [6.07, 6.45) is 0. The van der Waals surface area contributed by atoms with Crippen LogP contribution >= 0.6 is 39.1 Å². The minimum atomic E-state index is -0.758. The number of carbonyl (C=O) groups is 3. The first-order valence-corrected chi connectivity index (χ1v) is 13.8. The molecule has 11 heteroatoms. The highest BCUT2D eigenvalue weighted by Crippen LogP contribution is 2.32. The number of carbonyl (C=O) groups excluding carboxylic acids is 3. The van der Waals surface area contributed by atoms with Gasteiger partial charge in [0.25, 0.3) is 0 Å². The van der Waals surface area contributed by atoms with E-state index in [9.17, 15) is 14.4 Å². The van der Waals surface area contributed by atoms with E-state index in [1.54, 1.807) is 37.3 Å². The SMILES string of the molecule is CC(=O)N1CCN(c2ccccc2CNC(=O)C(=O)NCc2ccc(Br)cc2Oc2ccc(Cl)c(Cl)c2)CC1. The molecule has 204 valence electrons. The van der Waals surface area contributed by atoms with E-state index in [2.05, 4.69) is 31.5 Å². The zero-order valence-corrected chi connectivity index (χ0v) is 24.3. The maximum Gasteiger partial charge on any atom is 0.309 e. The van der Waals surface area contributed by atoms with Gasteiger partial charge in [-0.15, -0.1) is 0 Å². The molecule has 39 heavy (non-hydrogen) atoms. The molecule has 3 aromatic rings. The summed E-state index contributed by atoms with van der Waals surface area (Å²) in [5.74, 6) is -0.463. The maximum atomic E-state index is 12.6. The molecule has 4 rings (SSSR count). The van der Waals surface area contributed by atoms with Crippen molar-refractivity contribution in [2.45, 2.75) is 20.0 Å². The summed E-state index contributed by atoms with van der Waals surface area (Å²) in [7, 11) is 0. The van der Waals surface area contributed by atoms with E-state index in [1.165, 1.54) is 0 Å². The predicted octanol–water partition coefficient (Wildman–Crippen LogP) is 5.15. The number of hydrogen-bond acceptors (Lipinski definition) is 5. The van der Waals surface area contributed by atoms with E-state index in [-0.39, 0.29) is 19.0 Å². The van der Waals surface area contributed by atoms with Crippen LogP contribution in [-0.2, 0) is 27.5 Å². The van der Waals surface area contributed by atoms with Crippen molar-refractivity contribution < 1.29 is 19.1 Å². The average Bonchev–Trinajstić information content (AvgIpc) is 2.93. The summed E-state index contributed by atoms with van der Waals surface area (Å²) >= 11 is 15.5. The Hall–Kier alpha value is -3.27. The zero-order valence-electron chi connectivity index (χ0n) is 21.2. The van der Waals surface area contributed by atoms with E-state index in [0.717, 1.165) is 15.7 Å². The van der Waals surface area contributed by atoms with Gasteiger partial charge >= 0.3 is 11.8 Å². The smallest absolute Gasteiger partial charge is 0.309 e. The van der Waals surface area contributed by atoms with E-state index in [1.807, 2.05) is 35.2 Å². The number of nitrogens with one attached hydrogen (secondary N) is 2. The van der Waals surface area contributed by atoms with Crippen molar-refractivity contribution >= 4 is 62.5 Å². The monoisotopic (exact) mass is 632 g/mol. The van der Waals surface area contributed by atoms with Crippen LogP contribution in [0.25, 0.3) is 0 Å². The summed E-state index contributed by atoms with van der Waals surface area (Å²) in [6.45, 7) is 4.53. The van der Waals surface area contributed by atoms with Crippen molar-refractivity contribution in [3.63, 3.8) is 0 Å². The Morgan fingerprint density at radius 3 is 2.18 bits per heavy atom. The van der Waals surface area contributed by atoms with Crippen LogP contribution in [0.3, 0.4) is 0 Å². The number of ether oxygens (including phenoxy) is 1. The van der Waals surface area contributed by atoms with Gasteiger partial charge in [0.15, 0.2) is 0 Å². The number of piperazine rings is 1. The quantitative estimate of drug-likeness (QED) is 0.351. The van der Waals surface area contributed by atoms with Crippen LogP contribution in [0.15, 0.2) is 65.1 Å². The van der Waals surface area contributed by atoms with Gasteiger partial charge in [0, 0.05) is 68.0 Å². The minimum Gasteiger partial charge on any atom is -0.457 e.